The van der Waals surface area contributed by atoms with Crippen molar-refractivity contribution in [2.24, 2.45) is 11.8 Å². The Labute approximate surface area is 167 Å². The predicted octanol–water partition coefficient (Wildman–Crippen LogP) is 6.83. The van der Waals surface area contributed by atoms with Crippen LogP contribution in [-0.4, -0.2) is 12.6 Å². The largest absolute Gasteiger partial charge is 0.490 e. The molecule has 0 bridgehead atoms. The molecule has 0 saturated heterocycles. The molecule has 0 N–H and O–H groups in total. The fraction of sp³-hybridized carbons (Fsp3) is 0.696. The fourth-order valence-corrected chi connectivity index (χ4v) is 3.79. The van der Waals surface area contributed by atoms with Gasteiger partial charge in [0.05, 0.1) is 12.5 Å². The third kappa shape index (κ3) is 6.75. The quantitative estimate of drug-likeness (QED) is 0.234. The number of halogens is 2. The van der Waals surface area contributed by atoms with Gasteiger partial charge in [-0.05, 0) is 50.2 Å². The van der Waals surface area contributed by atoms with Gasteiger partial charge >= 0.3 is 5.97 Å². The molecule has 1 aliphatic rings. The molecule has 2 rings (SSSR count). The van der Waals surface area contributed by atoms with Crippen LogP contribution in [0.15, 0.2) is 12.1 Å². The Balaban J connectivity index is 1.85. The molecule has 0 heterocycles. The van der Waals surface area contributed by atoms with Crippen LogP contribution in [-0.2, 0) is 4.79 Å². The summed E-state index contributed by atoms with van der Waals surface area (Å²) in [7, 11) is 0. The van der Waals surface area contributed by atoms with Gasteiger partial charge < -0.3 is 9.47 Å². The van der Waals surface area contributed by atoms with Crippen molar-refractivity contribution in [3.8, 4) is 11.5 Å². The van der Waals surface area contributed by atoms with E-state index in [1.807, 2.05) is 0 Å². The zero-order valence-electron chi connectivity index (χ0n) is 17.3. The first-order valence-corrected chi connectivity index (χ1v) is 10.9. The summed E-state index contributed by atoms with van der Waals surface area (Å²) < 4.78 is 39.0. The minimum absolute atomic E-state index is 0.134. The maximum atomic E-state index is 14.3. The Bertz CT molecular complexity index is 610. The van der Waals surface area contributed by atoms with Crippen molar-refractivity contribution in [3.05, 3.63) is 23.8 Å². The molecule has 158 valence electrons. The standard InChI is InChI=1S/C23H34F2O3/c1-3-5-7-8-16-27-19-14-15-20(22(25)21(19)24)28-23(26)18-12-10-17(11-13-18)9-6-4-2/h14-15,17-18H,3-13,16H2,1-2H3/t17-,18-. The first-order chi connectivity index (χ1) is 13.6. The number of esters is 1. The number of carbonyl (C=O) groups is 1. The minimum Gasteiger partial charge on any atom is -0.490 e. The second kappa shape index (κ2) is 12.0. The lowest BCUT2D eigenvalue weighted by Crippen LogP contribution is -2.26. The molecule has 0 radical (unpaired) electrons. The summed E-state index contributed by atoms with van der Waals surface area (Å²) in [6.07, 6.45) is 11.1. The van der Waals surface area contributed by atoms with E-state index in [9.17, 15) is 13.6 Å². The highest BCUT2D eigenvalue weighted by molar-refractivity contribution is 5.75. The van der Waals surface area contributed by atoms with Gasteiger partial charge in [-0.1, -0.05) is 52.4 Å². The molecule has 0 unspecified atom stereocenters. The molecule has 1 saturated carbocycles. The van der Waals surface area contributed by atoms with E-state index in [2.05, 4.69) is 13.8 Å². The summed E-state index contributed by atoms with van der Waals surface area (Å²) in [5, 5.41) is 0. The molecule has 1 aliphatic carbocycles. The second-order valence-electron chi connectivity index (χ2n) is 7.88. The summed E-state index contributed by atoms with van der Waals surface area (Å²) in [5.74, 6) is -2.75. The summed E-state index contributed by atoms with van der Waals surface area (Å²) >= 11 is 0. The molecule has 1 aromatic carbocycles. The van der Waals surface area contributed by atoms with Gasteiger partial charge in [-0.15, -0.1) is 0 Å². The van der Waals surface area contributed by atoms with Gasteiger partial charge in [0.2, 0.25) is 11.6 Å². The molecule has 1 aromatic rings. The molecule has 0 amide bonds. The molecule has 3 nitrogen and oxygen atoms in total. The van der Waals surface area contributed by atoms with E-state index in [1.165, 1.54) is 31.4 Å². The zero-order chi connectivity index (χ0) is 20.4. The SMILES string of the molecule is CCCCCCOc1ccc(OC(=O)[C@H]2CC[C@H](CCCC)CC2)c(F)c1F. The van der Waals surface area contributed by atoms with Crippen LogP contribution in [0.25, 0.3) is 0 Å². The Kier molecular flexibility index (Phi) is 9.72. The molecular formula is C23H34F2O3. The topological polar surface area (TPSA) is 35.5 Å². The van der Waals surface area contributed by atoms with Gasteiger partial charge in [0.15, 0.2) is 11.5 Å². The third-order valence-electron chi connectivity index (χ3n) is 5.62. The third-order valence-corrected chi connectivity index (χ3v) is 5.62. The van der Waals surface area contributed by atoms with Crippen LogP contribution >= 0.6 is 0 Å². The Hall–Kier alpha value is -1.65. The molecular weight excluding hydrogens is 362 g/mol. The molecule has 0 aliphatic heterocycles. The molecule has 28 heavy (non-hydrogen) atoms. The van der Waals surface area contributed by atoms with Crippen LogP contribution in [0.1, 0.15) is 84.5 Å². The van der Waals surface area contributed by atoms with Crippen LogP contribution < -0.4 is 9.47 Å². The fourth-order valence-electron chi connectivity index (χ4n) is 3.79. The van der Waals surface area contributed by atoms with E-state index in [0.29, 0.717) is 12.5 Å². The Morgan fingerprint density at radius 3 is 2.25 bits per heavy atom. The second-order valence-corrected chi connectivity index (χ2v) is 7.88. The monoisotopic (exact) mass is 396 g/mol. The van der Waals surface area contributed by atoms with Crippen molar-refractivity contribution in [1.82, 2.24) is 0 Å². The van der Waals surface area contributed by atoms with E-state index in [0.717, 1.165) is 51.4 Å². The van der Waals surface area contributed by atoms with E-state index in [1.54, 1.807) is 0 Å². The number of ether oxygens (including phenoxy) is 2. The Morgan fingerprint density at radius 1 is 0.929 bits per heavy atom. The Morgan fingerprint density at radius 2 is 1.57 bits per heavy atom. The highest BCUT2D eigenvalue weighted by atomic mass is 19.2. The lowest BCUT2D eigenvalue weighted by atomic mass is 9.80. The number of hydrogen-bond acceptors (Lipinski definition) is 3. The van der Waals surface area contributed by atoms with Crippen molar-refractivity contribution < 1.29 is 23.0 Å². The number of rotatable bonds is 11. The van der Waals surface area contributed by atoms with Gasteiger partial charge in [0.1, 0.15) is 0 Å². The first-order valence-electron chi connectivity index (χ1n) is 10.9. The van der Waals surface area contributed by atoms with Crippen molar-refractivity contribution in [1.29, 1.82) is 0 Å². The number of unbranched alkanes of at least 4 members (excludes halogenated alkanes) is 4. The van der Waals surface area contributed by atoms with Crippen LogP contribution in [0.5, 0.6) is 11.5 Å². The average Bonchev–Trinajstić information content (AvgIpc) is 2.71. The van der Waals surface area contributed by atoms with Crippen LogP contribution in [0.4, 0.5) is 8.78 Å². The number of hydrogen-bond donors (Lipinski definition) is 0. The van der Waals surface area contributed by atoms with Crippen molar-refractivity contribution >= 4 is 5.97 Å². The highest BCUT2D eigenvalue weighted by Gasteiger charge is 2.28. The zero-order valence-corrected chi connectivity index (χ0v) is 17.3. The van der Waals surface area contributed by atoms with E-state index < -0.39 is 17.6 Å². The maximum absolute atomic E-state index is 14.3. The van der Waals surface area contributed by atoms with Crippen molar-refractivity contribution in [2.75, 3.05) is 6.61 Å². The molecule has 0 spiro atoms. The van der Waals surface area contributed by atoms with Gasteiger partial charge in [-0.25, -0.2) is 0 Å². The van der Waals surface area contributed by atoms with E-state index >= 15 is 0 Å². The highest BCUT2D eigenvalue weighted by Crippen LogP contribution is 2.34. The number of benzene rings is 1. The van der Waals surface area contributed by atoms with E-state index in [4.69, 9.17) is 9.47 Å². The maximum Gasteiger partial charge on any atom is 0.314 e. The molecule has 0 atom stereocenters. The lowest BCUT2D eigenvalue weighted by molar-refractivity contribution is -0.140. The average molecular weight is 397 g/mol. The summed E-state index contributed by atoms with van der Waals surface area (Å²) in [4.78, 5) is 12.4. The first kappa shape index (κ1) is 22.6. The molecule has 1 fully saturated rings. The van der Waals surface area contributed by atoms with Crippen molar-refractivity contribution in [2.45, 2.75) is 84.5 Å². The normalized spacial score (nSPS) is 19.4. The smallest absolute Gasteiger partial charge is 0.314 e. The van der Waals surface area contributed by atoms with Gasteiger partial charge in [-0.3, -0.25) is 4.79 Å². The van der Waals surface area contributed by atoms with Crippen LogP contribution in [0.3, 0.4) is 0 Å². The molecule has 0 aromatic heterocycles. The van der Waals surface area contributed by atoms with Gasteiger partial charge in [0.25, 0.3) is 0 Å². The summed E-state index contributed by atoms with van der Waals surface area (Å²) in [5.41, 5.74) is 0. The van der Waals surface area contributed by atoms with Crippen LogP contribution in [0.2, 0.25) is 0 Å². The van der Waals surface area contributed by atoms with Gasteiger partial charge in [0, 0.05) is 0 Å². The van der Waals surface area contributed by atoms with Crippen molar-refractivity contribution in [3.63, 3.8) is 0 Å². The van der Waals surface area contributed by atoms with Crippen LogP contribution in [0, 0.1) is 23.5 Å². The summed E-state index contributed by atoms with van der Waals surface area (Å²) in [6.45, 7) is 4.63. The predicted molar refractivity (Wildman–Crippen MR) is 107 cm³/mol. The van der Waals surface area contributed by atoms with Gasteiger partial charge in [-0.2, -0.15) is 8.78 Å². The molecule has 5 heteroatoms. The summed E-state index contributed by atoms with van der Waals surface area (Å²) in [6, 6.07) is 2.62. The lowest BCUT2D eigenvalue weighted by Gasteiger charge is -2.27. The minimum atomic E-state index is -1.16. The number of carbonyl (C=O) groups excluding carboxylic acids is 1. The van der Waals surface area contributed by atoms with E-state index in [-0.39, 0.29) is 17.4 Å².